The van der Waals surface area contributed by atoms with Crippen LogP contribution < -0.4 is 4.74 Å². The second-order valence-electron chi connectivity index (χ2n) is 3.98. The maximum absolute atomic E-state index is 5.32. The van der Waals surface area contributed by atoms with Crippen molar-refractivity contribution in [3.63, 3.8) is 0 Å². The molecule has 0 atom stereocenters. The molecular weight excluding hydrogens is 290 g/mol. The van der Waals surface area contributed by atoms with Crippen LogP contribution in [0, 0.1) is 6.92 Å². The molecule has 0 N–H and O–H groups in total. The minimum atomic E-state index is 0.806. The number of ether oxygens (including phenoxy) is 1. The quantitative estimate of drug-likeness (QED) is 0.764. The summed E-state index contributed by atoms with van der Waals surface area (Å²) in [6, 6.07) is 14.0. The van der Waals surface area contributed by atoms with Crippen LogP contribution in [0.2, 0.25) is 0 Å². The van der Waals surface area contributed by atoms with Crippen molar-refractivity contribution < 1.29 is 4.74 Å². The maximum atomic E-state index is 5.32. The molecule has 0 spiro atoms. The van der Waals surface area contributed by atoms with Gasteiger partial charge in [0, 0.05) is 16.3 Å². The van der Waals surface area contributed by atoms with Crippen LogP contribution in [0.1, 0.15) is 11.1 Å². The van der Waals surface area contributed by atoms with Gasteiger partial charge in [0.1, 0.15) is 5.75 Å². The first-order valence-electron chi connectivity index (χ1n) is 5.63. The lowest BCUT2D eigenvalue weighted by atomic mass is 10.2. The van der Waals surface area contributed by atoms with Gasteiger partial charge < -0.3 is 4.74 Å². The molecule has 2 aromatic rings. The Morgan fingerprint density at radius 1 is 1.17 bits per heavy atom. The summed E-state index contributed by atoms with van der Waals surface area (Å²) < 4.78 is 6.31. The highest BCUT2D eigenvalue weighted by Crippen LogP contribution is 2.23. The van der Waals surface area contributed by atoms with Gasteiger partial charge in [-0.25, -0.2) is 0 Å². The number of methoxy groups -OCH3 is 1. The minimum absolute atomic E-state index is 0.806. The lowest BCUT2D eigenvalue weighted by Gasteiger charge is -2.04. The summed E-state index contributed by atoms with van der Waals surface area (Å²) in [5.74, 6) is 0.806. The molecule has 0 aliphatic rings. The van der Waals surface area contributed by atoms with E-state index >= 15 is 0 Å². The van der Waals surface area contributed by atoms with E-state index in [9.17, 15) is 0 Å². The van der Waals surface area contributed by atoms with Crippen molar-refractivity contribution in [3.8, 4) is 5.75 Å². The first kappa shape index (κ1) is 12.8. The number of halogens is 1. The van der Waals surface area contributed by atoms with Gasteiger partial charge in [0.15, 0.2) is 0 Å². The van der Waals surface area contributed by atoms with Gasteiger partial charge >= 0.3 is 0 Å². The Morgan fingerprint density at radius 2 is 2.00 bits per heavy atom. The molecule has 0 heterocycles. The Hall–Kier alpha value is -1.61. The van der Waals surface area contributed by atoms with Crippen LogP contribution >= 0.6 is 15.9 Å². The first-order chi connectivity index (χ1) is 8.69. The third-order valence-electron chi connectivity index (χ3n) is 2.55. The lowest BCUT2D eigenvalue weighted by Crippen LogP contribution is -1.90. The number of aliphatic imine (C=N–C) groups is 1. The second-order valence-corrected chi connectivity index (χ2v) is 4.90. The van der Waals surface area contributed by atoms with Crippen LogP contribution in [-0.2, 0) is 0 Å². The highest BCUT2D eigenvalue weighted by Gasteiger charge is 2.00. The molecule has 0 aliphatic carbocycles. The lowest BCUT2D eigenvalue weighted by molar-refractivity contribution is 0.414. The van der Waals surface area contributed by atoms with Crippen LogP contribution in [0.5, 0.6) is 5.75 Å². The van der Waals surface area contributed by atoms with Crippen molar-refractivity contribution >= 4 is 27.8 Å². The van der Waals surface area contributed by atoms with E-state index in [1.807, 2.05) is 42.6 Å². The molecule has 0 amide bonds. The molecule has 3 heteroatoms. The standard InChI is InChI=1S/C15H14BrNO/c1-11-4-3-5-14(8-11)17-10-12-6-7-13(16)9-15(12)18-2/h3-10H,1-2H3. The molecule has 0 saturated heterocycles. The molecule has 2 nitrogen and oxygen atoms in total. The van der Waals surface area contributed by atoms with Gasteiger partial charge in [0.2, 0.25) is 0 Å². The Balaban J connectivity index is 2.28. The SMILES string of the molecule is COc1cc(Br)ccc1C=Nc1cccc(C)c1. The predicted octanol–water partition coefficient (Wildman–Crippen LogP) is 4.52. The van der Waals surface area contributed by atoms with E-state index in [2.05, 4.69) is 33.9 Å². The van der Waals surface area contributed by atoms with E-state index in [1.165, 1.54) is 5.56 Å². The molecule has 2 rings (SSSR count). The van der Waals surface area contributed by atoms with Crippen molar-refractivity contribution in [1.82, 2.24) is 0 Å². The van der Waals surface area contributed by atoms with Crippen LogP contribution in [0.25, 0.3) is 0 Å². The van der Waals surface area contributed by atoms with Crippen LogP contribution in [-0.4, -0.2) is 13.3 Å². The highest BCUT2D eigenvalue weighted by atomic mass is 79.9. The van der Waals surface area contributed by atoms with Crippen molar-refractivity contribution in [3.05, 3.63) is 58.1 Å². The van der Waals surface area contributed by atoms with Gasteiger partial charge in [0.05, 0.1) is 12.8 Å². The zero-order chi connectivity index (χ0) is 13.0. The Bertz CT molecular complexity index is 578. The average Bonchev–Trinajstić information content (AvgIpc) is 2.37. The Kier molecular flexibility index (Phi) is 4.15. The van der Waals surface area contributed by atoms with Crippen molar-refractivity contribution in [2.24, 2.45) is 4.99 Å². The number of benzene rings is 2. The molecule has 0 radical (unpaired) electrons. The van der Waals surface area contributed by atoms with Crippen LogP contribution in [0.15, 0.2) is 51.9 Å². The Morgan fingerprint density at radius 3 is 2.72 bits per heavy atom. The average molecular weight is 304 g/mol. The summed E-state index contributed by atoms with van der Waals surface area (Å²) >= 11 is 3.42. The summed E-state index contributed by atoms with van der Waals surface area (Å²) in [5, 5.41) is 0. The number of hydrogen-bond donors (Lipinski definition) is 0. The van der Waals surface area contributed by atoms with Crippen molar-refractivity contribution in [1.29, 1.82) is 0 Å². The van der Waals surface area contributed by atoms with Gasteiger partial charge in [-0.3, -0.25) is 4.99 Å². The number of hydrogen-bond acceptors (Lipinski definition) is 2. The summed E-state index contributed by atoms with van der Waals surface area (Å²) in [4.78, 5) is 4.46. The monoisotopic (exact) mass is 303 g/mol. The van der Waals surface area contributed by atoms with E-state index in [-0.39, 0.29) is 0 Å². The molecule has 0 unspecified atom stereocenters. The molecule has 0 fully saturated rings. The van der Waals surface area contributed by atoms with E-state index < -0.39 is 0 Å². The topological polar surface area (TPSA) is 21.6 Å². The Labute approximate surface area is 115 Å². The minimum Gasteiger partial charge on any atom is -0.496 e. The molecular formula is C15H14BrNO. The van der Waals surface area contributed by atoms with Gasteiger partial charge in [-0.05, 0) is 42.8 Å². The summed E-state index contributed by atoms with van der Waals surface area (Å²) in [7, 11) is 1.66. The zero-order valence-corrected chi connectivity index (χ0v) is 11.9. The first-order valence-corrected chi connectivity index (χ1v) is 6.42. The summed E-state index contributed by atoms with van der Waals surface area (Å²) in [6.45, 7) is 2.05. The largest absolute Gasteiger partial charge is 0.496 e. The number of nitrogens with zero attached hydrogens (tertiary/aromatic N) is 1. The van der Waals surface area contributed by atoms with E-state index in [0.29, 0.717) is 0 Å². The van der Waals surface area contributed by atoms with Gasteiger partial charge in [-0.15, -0.1) is 0 Å². The van der Waals surface area contributed by atoms with Gasteiger partial charge in [-0.1, -0.05) is 28.1 Å². The molecule has 2 aromatic carbocycles. The summed E-state index contributed by atoms with van der Waals surface area (Å²) in [6.07, 6.45) is 1.82. The van der Waals surface area contributed by atoms with E-state index in [0.717, 1.165) is 21.5 Å². The van der Waals surface area contributed by atoms with Gasteiger partial charge in [-0.2, -0.15) is 0 Å². The molecule has 0 bridgehead atoms. The number of aryl methyl sites for hydroxylation is 1. The third kappa shape index (κ3) is 3.20. The predicted molar refractivity (Wildman–Crippen MR) is 79.1 cm³/mol. The smallest absolute Gasteiger partial charge is 0.128 e. The second kappa shape index (κ2) is 5.83. The zero-order valence-electron chi connectivity index (χ0n) is 10.4. The van der Waals surface area contributed by atoms with Crippen LogP contribution in [0.3, 0.4) is 0 Å². The normalized spacial score (nSPS) is 10.8. The van der Waals surface area contributed by atoms with E-state index in [4.69, 9.17) is 4.74 Å². The van der Waals surface area contributed by atoms with E-state index in [1.54, 1.807) is 7.11 Å². The highest BCUT2D eigenvalue weighted by molar-refractivity contribution is 9.10. The molecule has 0 aromatic heterocycles. The molecule has 0 saturated carbocycles. The van der Waals surface area contributed by atoms with Crippen molar-refractivity contribution in [2.75, 3.05) is 7.11 Å². The number of rotatable bonds is 3. The maximum Gasteiger partial charge on any atom is 0.128 e. The van der Waals surface area contributed by atoms with Crippen molar-refractivity contribution in [2.45, 2.75) is 6.92 Å². The third-order valence-corrected chi connectivity index (χ3v) is 3.04. The molecule has 18 heavy (non-hydrogen) atoms. The molecule has 0 aliphatic heterocycles. The fourth-order valence-corrected chi connectivity index (χ4v) is 1.98. The van der Waals surface area contributed by atoms with Gasteiger partial charge in [0.25, 0.3) is 0 Å². The van der Waals surface area contributed by atoms with Crippen LogP contribution in [0.4, 0.5) is 5.69 Å². The fraction of sp³-hybridized carbons (Fsp3) is 0.133. The summed E-state index contributed by atoms with van der Waals surface area (Å²) in [5.41, 5.74) is 3.11. The molecule has 92 valence electrons. The fourth-order valence-electron chi connectivity index (χ4n) is 1.64.